The zero-order chi connectivity index (χ0) is 8.27. The minimum absolute atomic E-state index is 0.0346. The highest BCUT2D eigenvalue weighted by molar-refractivity contribution is 7.28. The predicted octanol–water partition coefficient (Wildman–Crippen LogP) is 3.03. The molecule has 1 heterocycles. The molecule has 0 spiro atoms. The zero-order valence-electron chi connectivity index (χ0n) is 6.37. The Morgan fingerprint density at radius 3 is 2.45 bits per heavy atom. The van der Waals surface area contributed by atoms with Crippen molar-refractivity contribution < 1.29 is 4.79 Å². The number of carbonyl (C=O) groups excluding carboxylic acids is 1. The van der Waals surface area contributed by atoms with E-state index in [-0.39, 0.29) is 5.78 Å². The smallest absolute Gasteiger partial charge is 0.188 e. The topological polar surface area (TPSA) is 17.1 Å². The number of ketones is 1. The molecule has 0 unspecified atom stereocenters. The normalized spacial score (nSPS) is 9.18. The maximum Gasteiger partial charge on any atom is 0.188 e. The Morgan fingerprint density at radius 1 is 1.45 bits per heavy atom. The largest absolute Gasteiger partial charge is 0.289 e. The number of allylic oxidation sites excluding steroid dienone is 1. The van der Waals surface area contributed by atoms with Crippen molar-refractivity contribution >= 4 is 14.0 Å². The van der Waals surface area contributed by atoms with Gasteiger partial charge in [-0.3, -0.25) is 4.79 Å². The summed E-state index contributed by atoms with van der Waals surface area (Å²) in [6, 6.07) is 3.66. The lowest BCUT2D eigenvalue weighted by atomic mass is 10.1. The van der Waals surface area contributed by atoms with E-state index in [1.807, 2.05) is 23.7 Å². The minimum atomic E-state index is 0.0346. The van der Waals surface area contributed by atoms with Gasteiger partial charge < -0.3 is 0 Å². The number of Topliss-reactive ketones (excluding diaryl/α,β-unsaturated/α-hetero) is 1. The number of rotatable bonds is 2. The van der Waals surface area contributed by atoms with Gasteiger partial charge in [0.15, 0.2) is 5.78 Å². The molecule has 1 aromatic heterocycles. The van der Waals surface area contributed by atoms with Gasteiger partial charge in [0, 0.05) is 5.56 Å². The lowest BCUT2D eigenvalue weighted by molar-refractivity contribution is 0.103. The Balaban J connectivity index is 2.95. The fourth-order valence-corrected chi connectivity index (χ4v) is 1.34. The Kier molecular flexibility index (Phi) is 2.56. The Bertz CT molecular complexity index is 277. The van der Waals surface area contributed by atoms with Crippen LogP contribution in [0.25, 0.3) is 0 Å². The predicted molar refractivity (Wildman–Crippen MR) is 48.1 cm³/mol. The fraction of sp³-hybridized carbons (Fsp3) is 0.111. The fourth-order valence-electron chi connectivity index (χ4n) is 0.750. The highest BCUT2D eigenvalue weighted by Crippen LogP contribution is 2.10. The van der Waals surface area contributed by atoms with Gasteiger partial charge in [-0.2, -0.15) is 0 Å². The van der Waals surface area contributed by atoms with E-state index in [0.29, 0.717) is 5.57 Å². The van der Waals surface area contributed by atoms with E-state index in [4.69, 9.17) is 0 Å². The van der Waals surface area contributed by atoms with E-state index < -0.39 is 0 Å². The van der Waals surface area contributed by atoms with Gasteiger partial charge in [-0.25, -0.2) is 0 Å². The summed E-state index contributed by atoms with van der Waals surface area (Å²) in [5.74, 6) is 3.92. The molecule has 0 radical (unpaired) electrons. The van der Waals surface area contributed by atoms with Crippen LogP contribution in [0.4, 0.5) is 0 Å². The molecule has 0 aliphatic rings. The van der Waals surface area contributed by atoms with Gasteiger partial charge in [0.05, 0.1) is 0 Å². The van der Waals surface area contributed by atoms with Crippen LogP contribution < -0.4 is 0 Å². The number of hydrogen-bond donors (Lipinski definition) is 0. The van der Waals surface area contributed by atoms with Crippen molar-refractivity contribution in [2.24, 2.45) is 0 Å². The molecule has 0 bridgehead atoms. The quantitative estimate of drug-likeness (QED) is 0.485. The van der Waals surface area contributed by atoms with Gasteiger partial charge in [0.2, 0.25) is 0 Å². The molecular weight excluding hydrogens is 155 g/mol. The molecule has 11 heavy (non-hydrogen) atoms. The molecule has 0 aromatic carbocycles. The standard InChI is InChI=1S/C9H9OP/c1-7(2)9(10)8-3-5-11-6-4-8/h3-6H,1H2,2H3. The van der Waals surface area contributed by atoms with E-state index >= 15 is 0 Å². The Hall–Kier alpha value is -0.940. The van der Waals surface area contributed by atoms with Crippen molar-refractivity contribution in [3.05, 3.63) is 41.4 Å². The van der Waals surface area contributed by atoms with Crippen LogP contribution in [0.1, 0.15) is 17.3 Å². The van der Waals surface area contributed by atoms with Crippen molar-refractivity contribution in [2.45, 2.75) is 6.92 Å². The van der Waals surface area contributed by atoms with Crippen molar-refractivity contribution in [2.75, 3.05) is 0 Å². The van der Waals surface area contributed by atoms with E-state index in [1.165, 1.54) is 0 Å². The second-order valence-corrected chi connectivity index (χ2v) is 3.24. The highest BCUT2D eigenvalue weighted by atomic mass is 31.0. The van der Waals surface area contributed by atoms with Gasteiger partial charge in [-0.15, -0.1) is 0 Å². The molecule has 1 aromatic rings. The van der Waals surface area contributed by atoms with Gasteiger partial charge in [0.25, 0.3) is 0 Å². The van der Waals surface area contributed by atoms with Crippen molar-refractivity contribution in [3.8, 4) is 0 Å². The maximum atomic E-state index is 11.3. The van der Waals surface area contributed by atoms with Crippen LogP contribution in [0.2, 0.25) is 0 Å². The molecule has 0 saturated heterocycles. The molecular formula is C9H9OP. The van der Waals surface area contributed by atoms with Crippen LogP contribution in [0.5, 0.6) is 0 Å². The average Bonchev–Trinajstić information content (AvgIpc) is 2.05. The summed E-state index contributed by atoms with van der Waals surface area (Å²) in [6.07, 6.45) is 0. The molecule has 0 aliphatic heterocycles. The number of carbonyl (C=O) groups is 1. The summed E-state index contributed by atoms with van der Waals surface area (Å²) < 4.78 is 0. The van der Waals surface area contributed by atoms with Crippen LogP contribution in [-0.2, 0) is 0 Å². The average molecular weight is 164 g/mol. The lowest BCUT2D eigenvalue weighted by Gasteiger charge is -1.96. The molecule has 1 nitrogen and oxygen atoms in total. The third-order valence-electron chi connectivity index (χ3n) is 1.33. The van der Waals surface area contributed by atoms with Crippen LogP contribution in [0.3, 0.4) is 0 Å². The third kappa shape index (κ3) is 1.99. The lowest BCUT2D eigenvalue weighted by Crippen LogP contribution is -1.97. The van der Waals surface area contributed by atoms with Gasteiger partial charge in [-0.05, 0) is 36.2 Å². The third-order valence-corrected chi connectivity index (χ3v) is 1.97. The van der Waals surface area contributed by atoms with Crippen molar-refractivity contribution in [1.29, 1.82) is 0 Å². The molecule has 56 valence electrons. The molecule has 0 N–H and O–H groups in total. The van der Waals surface area contributed by atoms with E-state index in [9.17, 15) is 4.79 Å². The minimum Gasteiger partial charge on any atom is -0.289 e. The Labute approximate surface area is 67.9 Å². The van der Waals surface area contributed by atoms with Crippen LogP contribution in [0.15, 0.2) is 35.9 Å². The van der Waals surface area contributed by atoms with Gasteiger partial charge >= 0.3 is 0 Å². The summed E-state index contributed by atoms with van der Waals surface area (Å²) in [5, 5.41) is 0. The molecule has 0 aliphatic carbocycles. The van der Waals surface area contributed by atoms with Crippen LogP contribution in [0, 0.1) is 0 Å². The molecule has 0 fully saturated rings. The van der Waals surface area contributed by atoms with Gasteiger partial charge in [-0.1, -0.05) is 14.8 Å². The monoisotopic (exact) mass is 164 g/mol. The van der Waals surface area contributed by atoms with Crippen molar-refractivity contribution in [3.63, 3.8) is 0 Å². The second kappa shape index (κ2) is 3.45. The first kappa shape index (κ1) is 8.16. The summed E-state index contributed by atoms with van der Waals surface area (Å²) in [4.78, 5) is 11.3. The van der Waals surface area contributed by atoms with Crippen molar-refractivity contribution in [1.82, 2.24) is 0 Å². The summed E-state index contributed by atoms with van der Waals surface area (Å²) in [6.45, 7) is 5.32. The summed E-state index contributed by atoms with van der Waals surface area (Å²) in [7, 11) is 1.14. The zero-order valence-corrected chi connectivity index (χ0v) is 7.27. The SMILES string of the molecule is C=C(C)C(=O)c1ccpcc1. The molecule has 2 heteroatoms. The van der Waals surface area contributed by atoms with E-state index in [1.54, 1.807) is 6.92 Å². The summed E-state index contributed by atoms with van der Waals surface area (Å²) in [5.41, 5.74) is 1.32. The van der Waals surface area contributed by atoms with Crippen LogP contribution in [-0.4, -0.2) is 5.78 Å². The molecule has 0 saturated carbocycles. The number of hydrogen-bond acceptors (Lipinski definition) is 1. The summed E-state index contributed by atoms with van der Waals surface area (Å²) >= 11 is 0. The highest BCUT2D eigenvalue weighted by Gasteiger charge is 2.03. The van der Waals surface area contributed by atoms with Gasteiger partial charge in [0.1, 0.15) is 0 Å². The first-order valence-electron chi connectivity index (χ1n) is 3.32. The first-order valence-corrected chi connectivity index (χ1v) is 4.35. The van der Waals surface area contributed by atoms with E-state index in [0.717, 1.165) is 13.8 Å². The second-order valence-electron chi connectivity index (χ2n) is 2.35. The first-order chi connectivity index (χ1) is 5.22. The molecule has 1 rings (SSSR count). The Morgan fingerprint density at radius 2 is 2.00 bits per heavy atom. The van der Waals surface area contributed by atoms with E-state index in [2.05, 4.69) is 6.58 Å². The molecule has 0 atom stereocenters. The van der Waals surface area contributed by atoms with Crippen LogP contribution >= 0.6 is 8.19 Å². The molecule has 0 amide bonds. The maximum absolute atomic E-state index is 11.3.